The predicted molar refractivity (Wildman–Crippen MR) is 17.2 cm³/mol. The third-order valence-electron chi connectivity index (χ3n) is 0. The monoisotopic (exact) mass is 326 g/mol. The molecule has 0 aromatic rings. The van der Waals surface area contributed by atoms with Gasteiger partial charge in [-0.15, -0.1) is 0 Å². The van der Waals surface area contributed by atoms with E-state index in [1.165, 1.54) is 0 Å². The molecule has 0 aromatic carbocycles. The first-order valence-corrected chi connectivity index (χ1v) is 2.00. The summed E-state index contributed by atoms with van der Waals surface area (Å²) in [6.07, 6.45) is 0. The van der Waals surface area contributed by atoms with E-state index in [9.17, 15) is 0 Å². The van der Waals surface area contributed by atoms with Gasteiger partial charge >= 0.3 is 44.8 Å². The summed E-state index contributed by atoms with van der Waals surface area (Å²) in [6.45, 7) is 0. The molecule has 0 aliphatic rings. The van der Waals surface area contributed by atoms with Crippen LogP contribution >= 0.6 is 0 Å². The number of hydrogen-bond acceptors (Lipinski definition) is 4. The molecule has 0 amide bonds. The van der Waals surface area contributed by atoms with Crippen molar-refractivity contribution in [3.63, 3.8) is 0 Å². The summed E-state index contributed by atoms with van der Waals surface area (Å²) in [4.78, 5) is 0. The minimum absolute atomic E-state index is 0. The topological polar surface area (TPSA) is 80.3 Å². The second kappa shape index (κ2) is 8.35. The van der Waals surface area contributed by atoms with Crippen LogP contribution in [0.5, 0.6) is 0 Å². The molecule has 0 saturated heterocycles. The van der Waals surface area contributed by atoms with Crippen LogP contribution < -0.4 is 0 Å². The van der Waals surface area contributed by atoms with Crippen LogP contribution in [0.3, 0.4) is 0 Å². The van der Waals surface area contributed by atoms with Crippen molar-refractivity contribution in [2.24, 2.45) is 0 Å². The summed E-state index contributed by atoms with van der Waals surface area (Å²) in [5, 5.41) is 0. The second-order valence-electron chi connectivity index (χ2n) is 0.408. The third-order valence-corrected chi connectivity index (χ3v) is 0. The average molecular weight is 328 g/mol. The largest absolute Gasteiger partial charge is 1.00 e. The second-order valence-corrected chi connectivity index (χ2v) is 1.22. The molecular weight excluding hydrogens is 324 g/mol. The van der Waals surface area contributed by atoms with Crippen molar-refractivity contribution in [1.82, 2.24) is 0 Å². The standard InChI is InChI=1S/CH4.2Ag.H2O4S/c;;;1-5(2,3)4/h1H4;;;(H2,1,2,3,4)/q;2*+1;/p-2. The van der Waals surface area contributed by atoms with Crippen LogP contribution in [0, 0.1) is 0 Å². The van der Waals surface area contributed by atoms with Gasteiger partial charge in [0.15, 0.2) is 0 Å². The summed E-state index contributed by atoms with van der Waals surface area (Å²) >= 11 is 0. The van der Waals surface area contributed by atoms with Gasteiger partial charge in [-0.2, -0.15) is 0 Å². The molecule has 0 aliphatic heterocycles. The zero-order valence-corrected chi connectivity index (χ0v) is 6.43. The molecule has 0 atom stereocenters. The van der Waals surface area contributed by atoms with Gasteiger partial charge in [0.25, 0.3) is 0 Å². The predicted octanol–water partition coefficient (Wildman–Crippen LogP) is -0.707. The maximum atomic E-state index is 8.52. The SMILES string of the molecule is C.O=S(=O)([O-])[O-].[Ag+].[Ag+]. The van der Waals surface area contributed by atoms with Crippen LogP contribution in [0.4, 0.5) is 0 Å². The van der Waals surface area contributed by atoms with Crippen molar-refractivity contribution in [2.75, 3.05) is 0 Å². The molecule has 0 aromatic heterocycles. The minimum Gasteiger partial charge on any atom is -0.759 e. The molecule has 0 rings (SSSR count). The van der Waals surface area contributed by atoms with E-state index < -0.39 is 10.4 Å². The van der Waals surface area contributed by atoms with Gasteiger partial charge in [0, 0.05) is 10.4 Å². The molecule has 0 radical (unpaired) electrons. The van der Waals surface area contributed by atoms with Gasteiger partial charge in [-0.1, -0.05) is 7.43 Å². The van der Waals surface area contributed by atoms with Gasteiger partial charge < -0.3 is 9.11 Å². The molecule has 8 heavy (non-hydrogen) atoms. The van der Waals surface area contributed by atoms with Crippen LogP contribution in [0.25, 0.3) is 0 Å². The van der Waals surface area contributed by atoms with Crippen molar-refractivity contribution in [3.8, 4) is 0 Å². The fraction of sp³-hybridized carbons (Fsp3) is 1.00. The van der Waals surface area contributed by atoms with Gasteiger partial charge in [-0.05, 0) is 0 Å². The molecule has 0 aliphatic carbocycles. The van der Waals surface area contributed by atoms with Crippen molar-refractivity contribution in [2.45, 2.75) is 7.43 Å². The molecule has 0 fully saturated rings. The van der Waals surface area contributed by atoms with E-state index in [0.29, 0.717) is 0 Å². The Balaban J connectivity index is -0.0000000267. The fourth-order valence-electron chi connectivity index (χ4n) is 0. The van der Waals surface area contributed by atoms with Crippen molar-refractivity contribution in [3.05, 3.63) is 0 Å². The first-order valence-electron chi connectivity index (χ1n) is 0.667. The minimum atomic E-state index is -5.17. The van der Waals surface area contributed by atoms with Crippen LogP contribution in [-0.2, 0) is 55.2 Å². The Morgan fingerprint density at radius 1 is 1.00 bits per heavy atom. The molecule has 0 bridgehead atoms. The Hall–Kier alpha value is 1.35. The quantitative estimate of drug-likeness (QED) is 0.334. The molecule has 60 valence electrons. The molecular formula is CH4Ag2O4S. The molecule has 4 nitrogen and oxygen atoms in total. The third kappa shape index (κ3) is 163. The Morgan fingerprint density at radius 3 is 1.00 bits per heavy atom. The summed E-state index contributed by atoms with van der Waals surface area (Å²) in [7, 11) is -5.17. The summed E-state index contributed by atoms with van der Waals surface area (Å²) in [5.74, 6) is 0. The Morgan fingerprint density at radius 2 is 1.00 bits per heavy atom. The van der Waals surface area contributed by atoms with Gasteiger partial charge in [0.05, 0.1) is 0 Å². The van der Waals surface area contributed by atoms with E-state index in [4.69, 9.17) is 17.5 Å². The van der Waals surface area contributed by atoms with E-state index >= 15 is 0 Å². The van der Waals surface area contributed by atoms with Crippen LogP contribution in [0.2, 0.25) is 0 Å². The Kier molecular flexibility index (Phi) is 23.8. The van der Waals surface area contributed by atoms with Crippen LogP contribution in [0.1, 0.15) is 7.43 Å². The maximum Gasteiger partial charge on any atom is 1.00 e. The normalized spacial score (nSPS) is 7.25. The zero-order chi connectivity index (χ0) is 4.50. The van der Waals surface area contributed by atoms with Gasteiger partial charge in [0.1, 0.15) is 0 Å². The average Bonchev–Trinajstić information content (AvgIpc) is 0.722. The molecule has 0 saturated carbocycles. The summed E-state index contributed by atoms with van der Waals surface area (Å²) in [6, 6.07) is 0. The van der Waals surface area contributed by atoms with Crippen LogP contribution in [0.15, 0.2) is 0 Å². The van der Waals surface area contributed by atoms with Gasteiger partial charge in [-0.25, -0.2) is 0 Å². The van der Waals surface area contributed by atoms with E-state index in [0.717, 1.165) is 0 Å². The number of rotatable bonds is 0. The van der Waals surface area contributed by atoms with Gasteiger partial charge in [0.2, 0.25) is 0 Å². The van der Waals surface area contributed by atoms with E-state index in [-0.39, 0.29) is 52.2 Å². The Bertz CT molecular complexity index is 97.2. The van der Waals surface area contributed by atoms with Gasteiger partial charge in [-0.3, -0.25) is 8.42 Å². The maximum absolute atomic E-state index is 8.52. The van der Waals surface area contributed by atoms with Crippen molar-refractivity contribution in [1.29, 1.82) is 0 Å². The first-order chi connectivity index (χ1) is 2.00. The van der Waals surface area contributed by atoms with Crippen molar-refractivity contribution >= 4 is 10.4 Å². The van der Waals surface area contributed by atoms with Crippen molar-refractivity contribution < 1.29 is 62.3 Å². The smallest absolute Gasteiger partial charge is 0.759 e. The van der Waals surface area contributed by atoms with E-state index in [1.54, 1.807) is 0 Å². The first kappa shape index (κ1) is 22.8. The van der Waals surface area contributed by atoms with Crippen LogP contribution in [-0.4, -0.2) is 17.5 Å². The van der Waals surface area contributed by atoms with E-state index in [2.05, 4.69) is 0 Å². The molecule has 0 unspecified atom stereocenters. The molecule has 7 heteroatoms. The zero-order valence-electron chi connectivity index (χ0n) is 2.64. The van der Waals surface area contributed by atoms with E-state index in [1.807, 2.05) is 0 Å². The Labute approximate surface area is 79.6 Å². The molecule has 0 N–H and O–H groups in total. The number of hydrogen-bond donors (Lipinski definition) is 0. The molecule has 0 heterocycles. The molecule has 0 spiro atoms. The fourth-order valence-corrected chi connectivity index (χ4v) is 0. The summed E-state index contributed by atoms with van der Waals surface area (Å²) in [5.41, 5.74) is 0. The summed E-state index contributed by atoms with van der Waals surface area (Å²) < 4.78 is 34.1.